The van der Waals surface area contributed by atoms with E-state index in [-0.39, 0.29) is 5.91 Å². The van der Waals surface area contributed by atoms with Crippen LogP contribution in [0.2, 0.25) is 0 Å². The summed E-state index contributed by atoms with van der Waals surface area (Å²) in [5, 5.41) is 2.96. The molecule has 2 aromatic carbocycles. The minimum atomic E-state index is -0.133. The molecule has 0 aliphatic rings. The average molecular weight is 333 g/mol. The number of nitrogens with two attached hydrogens (primary N) is 1. The number of nitrogen functional groups attached to an aromatic ring is 1. The molecule has 0 bridgehead atoms. The number of halogens is 1. The van der Waals surface area contributed by atoms with Gasteiger partial charge in [-0.1, -0.05) is 28.9 Å². The lowest BCUT2D eigenvalue weighted by atomic mass is 10.1. The summed E-state index contributed by atoms with van der Waals surface area (Å²) in [6.07, 6.45) is 0.852. The van der Waals surface area contributed by atoms with Gasteiger partial charge in [-0.05, 0) is 54.8 Å². The molecule has 0 spiro atoms. The van der Waals surface area contributed by atoms with Crippen molar-refractivity contribution in [1.82, 2.24) is 0 Å². The number of aryl methyl sites for hydroxylation is 2. The van der Waals surface area contributed by atoms with Crippen LogP contribution in [0.25, 0.3) is 0 Å². The summed E-state index contributed by atoms with van der Waals surface area (Å²) in [5.74, 6) is -0.133. The molecule has 0 radical (unpaired) electrons. The molecule has 3 N–H and O–H groups in total. The molecule has 0 saturated carbocycles. The quantitative estimate of drug-likeness (QED) is 0.829. The van der Waals surface area contributed by atoms with Crippen molar-refractivity contribution >= 4 is 33.2 Å². The van der Waals surface area contributed by atoms with Crippen LogP contribution in [0.3, 0.4) is 0 Å². The predicted octanol–water partition coefficient (Wildman–Crippen LogP) is 4.15. The molecule has 0 fully saturated rings. The lowest BCUT2D eigenvalue weighted by Gasteiger charge is -2.12. The topological polar surface area (TPSA) is 55.1 Å². The highest BCUT2D eigenvalue weighted by Crippen LogP contribution is 2.23. The summed E-state index contributed by atoms with van der Waals surface area (Å²) in [6, 6.07) is 11.2. The number of anilines is 2. The van der Waals surface area contributed by atoms with E-state index < -0.39 is 0 Å². The summed E-state index contributed by atoms with van der Waals surface area (Å²) in [6.45, 7) is 3.96. The molecule has 0 unspecified atom stereocenters. The van der Waals surface area contributed by atoms with Gasteiger partial charge in [0.2, 0.25) is 0 Å². The standard InChI is InChI=1S/C16H17BrN2O/c1-3-11-8-12(17)5-7-15(11)19-16(20)14-9-13(18)6-4-10(14)2/h4-9H,3,18H2,1-2H3,(H,19,20). The molecule has 0 aromatic heterocycles. The van der Waals surface area contributed by atoms with Crippen molar-refractivity contribution in [2.75, 3.05) is 11.1 Å². The summed E-state index contributed by atoms with van der Waals surface area (Å²) in [4.78, 5) is 12.4. The number of benzene rings is 2. The van der Waals surface area contributed by atoms with Crippen molar-refractivity contribution in [2.24, 2.45) is 0 Å². The van der Waals surface area contributed by atoms with Crippen LogP contribution in [0.15, 0.2) is 40.9 Å². The van der Waals surface area contributed by atoms with Crippen molar-refractivity contribution in [2.45, 2.75) is 20.3 Å². The fourth-order valence-electron chi connectivity index (χ4n) is 2.05. The van der Waals surface area contributed by atoms with Gasteiger partial charge in [-0.3, -0.25) is 4.79 Å². The second-order valence-corrected chi connectivity index (χ2v) is 5.60. The second-order valence-electron chi connectivity index (χ2n) is 4.68. The van der Waals surface area contributed by atoms with Gasteiger partial charge in [0.1, 0.15) is 0 Å². The average Bonchev–Trinajstić information content (AvgIpc) is 2.43. The van der Waals surface area contributed by atoms with Crippen LogP contribution in [0.4, 0.5) is 11.4 Å². The molecule has 0 heterocycles. The van der Waals surface area contributed by atoms with Crippen LogP contribution < -0.4 is 11.1 Å². The molecule has 3 nitrogen and oxygen atoms in total. The van der Waals surface area contributed by atoms with Gasteiger partial charge in [0.05, 0.1) is 0 Å². The number of carbonyl (C=O) groups excluding carboxylic acids is 1. The van der Waals surface area contributed by atoms with Crippen molar-refractivity contribution < 1.29 is 4.79 Å². The molecule has 20 heavy (non-hydrogen) atoms. The first-order valence-electron chi connectivity index (χ1n) is 6.47. The monoisotopic (exact) mass is 332 g/mol. The van der Waals surface area contributed by atoms with E-state index in [1.807, 2.05) is 31.2 Å². The van der Waals surface area contributed by atoms with E-state index in [4.69, 9.17) is 5.73 Å². The highest BCUT2D eigenvalue weighted by Gasteiger charge is 2.11. The minimum Gasteiger partial charge on any atom is -0.399 e. The van der Waals surface area contributed by atoms with Gasteiger partial charge < -0.3 is 11.1 Å². The SMILES string of the molecule is CCc1cc(Br)ccc1NC(=O)c1cc(N)ccc1C. The van der Waals surface area contributed by atoms with Crippen molar-refractivity contribution in [3.63, 3.8) is 0 Å². The molecule has 0 aliphatic heterocycles. The number of carbonyl (C=O) groups is 1. The number of amides is 1. The Kier molecular flexibility index (Phi) is 4.45. The largest absolute Gasteiger partial charge is 0.399 e. The summed E-state index contributed by atoms with van der Waals surface area (Å²) >= 11 is 3.44. The maximum atomic E-state index is 12.4. The first-order chi connectivity index (χ1) is 9.51. The van der Waals surface area contributed by atoms with Gasteiger partial charge in [0.25, 0.3) is 5.91 Å². The predicted molar refractivity (Wildman–Crippen MR) is 87.1 cm³/mol. The maximum absolute atomic E-state index is 12.4. The number of rotatable bonds is 3. The van der Waals surface area contributed by atoms with E-state index in [0.717, 1.165) is 27.7 Å². The molecule has 1 amide bonds. The van der Waals surface area contributed by atoms with Crippen LogP contribution in [0.5, 0.6) is 0 Å². The lowest BCUT2D eigenvalue weighted by Crippen LogP contribution is -2.15. The Hall–Kier alpha value is -1.81. The third kappa shape index (κ3) is 3.20. The van der Waals surface area contributed by atoms with Crippen LogP contribution in [-0.4, -0.2) is 5.91 Å². The third-order valence-electron chi connectivity index (χ3n) is 3.20. The van der Waals surface area contributed by atoms with Gasteiger partial charge in [0.15, 0.2) is 0 Å². The zero-order chi connectivity index (χ0) is 14.7. The molecule has 2 rings (SSSR count). The molecule has 104 valence electrons. The first kappa shape index (κ1) is 14.6. The van der Waals surface area contributed by atoms with Crippen LogP contribution in [0.1, 0.15) is 28.4 Å². The Morgan fingerprint density at radius 3 is 2.70 bits per heavy atom. The van der Waals surface area contributed by atoms with E-state index in [2.05, 4.69) is 28.2 Å². The van der Waals surface area contributed by atoms with E-state index in [1.54, 1.807) is 12.1 Å². The van der Waals surface area contributed by atoms with E-state index in [0.29, 0.717) is 11.3 Å². The van der Waals surface area contributed by atoms with E-state index in [1.165, 1.54) is 0 Å². The normalized spacial score (nSPS) is 10.3. The summed E-state index contributed by atoms with van der Waals surface area (Å²) < 4.78 is 1.01. The number of nitrogens with one attached hydrogen (secondary N) is 1. The smallest absolute Gasteiger partial charge is 0.256 e. The molecule has 0 saturated heterocycles. The van der Waals surface area contributed by atoms with Crippen molar-refractivity contribution in [3.8, 4) is 0 Å². The molecule has 4 heteroatoms. The maximum Gasteiger partial charge on any atom is 0.256 e. The summed E-state index contributed by atoms with van der Waals surface area (Å²) in [5.41, 5.74) is 9.78. The highest BCUT2D eigenvalue weighted by molar-refractivity contribution is 9.10. The van der Waals surface area contributed by atoms with Crippen LogP contribution in [0, 0.1) is 6.92 Å². The Bertz CT molecular complexity index is 653. The van der Waals surface area contributed by atoms with Gasteiger partial charge in [-0.15, -0.1) is 0 Å². The number of hydrogen-bond acceptors (Lipinski definition) is 2. The Morgan fingerprint density at radius 2 is 2.00 bits per heavy atom. The van der Waals surface area contributed by atoms with E-state index in [9.17, 15) is 4.79 Å². The van der Waals surface area contributed by atoms with E-state index >= 15 is 0 Å². The Balaban J connectivity index is 2.30. The molecule has 0 aliphatic carbocycles. The second kappa shape index (κ2) is 6.09. The van der Waals surface area contributed by atoms with Gasteiger partial charge >= 0.3 is 0 Å². The molecule has 2 aromatic rings. The van der Waals surface area contributed by atoms with Crippen molar-refractivity contribution in [3.05, 3.63) is 57.6 Å². The minimum absolute atomic E-state index is 0.133. The molecular weight excluding hydrogens is 316 g/mol. The molecular formula is C16H17BrN2O. The fourth-order valence-corrected chi connectivity index (χ4v) is 2.46. The van der Waals surface area contributed by atoms with Crippen molar-refractivity contribution in [1.29, 1.82) is 0 Å². The van der Waals surface area contributed by atoms with Gasteiger partial charge in [0, 0.05) is 21.4 Å². The lowest BCUT2D eigenvalue weighted by molar-refractivity contribution is 0.102. The van der Waals surface area contributed by atoms with Gasteiger partial charge in [-0.2, -0.15) is 0 Å². The first-order valence-corrected chi connectivity index (χ1v) is 7.26. The Morgan fingerprint density at radius 1 is 1.25 bits per heavy atom. The summed E-state index contributed by atoms with van der Waals surface area (Å²) in [7, 11) is 0. The zero-order valence-electron chi connectivity index (χ0n) is 11.5. The number of hydrogen-bond donors (Lipinski definition) is 2. The highest BCUT2D eigenvalue weighted by atomic mass is 79.9. The van der Waals surface area contributed by atoms with Crippen LogP contribution in [-0.2, 0) is 6.42 Å². The fraction of sp³-hybridized carbons (Fsp3) is 0.188. The Labute approximate surface area is 127 Å². The third-order valence-corrected chi connectivity index (χ3v) is 3.70. The molecule has 0 atom stereocenters. The van der Waals surface area contributed by atoms with Crippen LogP contribution >= 0.6 is 15.9 Å². The van der Waals surface area contributed by atoms with Gasteiger partial charge in [-0.25, -0.2) is 0 Å². The zero-order valence-corrected chi connectivity index (χ0v) is 13.1.